The van der Waals surface area contributed by atoms with Gasteiger partial charge in [-0.2, -0.15) is 0 Å². The lowest BCUT2D eigenvalue weighted by Crippen LogP contribution is -2.43. The molecule has 2 fully saturated rings. The van der Waals surface area contributed by atoms with Crippen LogP contribution in [0.1, 0.15) is 39.5 Å². The van der Waals surface area contributed by atoms with Gasteiger partial charge in [-0.05, 0) is 50.9 Å². The second-order valence-corrected chi connectivity index (χ2v) is 8.90. The first-order valence-electron chi connectivity index (χ1n) is 7.59. The van der Waals surface area contributed by atoms with Gasteiger partial charge in [0.2, 0.25) is 11.0 Å². The van der Waals surface area contributed by atoms with Gasteiger partial charge in [0.05, 0.1) is 5.25 Å². The van der Waals surface area contributed by atoms with Gasteiger partial charge in [-0.15, -0.1) is 10.2 Å². The summed E-state index contributed by atoms with van der Waals surface area (Å²) in [5.74, 6) is 2.50. The Kier molecular flexibility index (Phi) is 4.40. The summed E-state index contributed by atoms with van der Waals surface area (Å²) in [6, 6.07) is 0.273. The number of thioether (sulfide) groups is 1. The molecule has 3 N–H and O–H groups in total. The van der Waals surface area contributed by atoms with Crippen molar-refractivity contribution in [2.45, 2.75) is 55.2 Å². The third-order valence-corrected chi connectivity index (χ3v) is 6.81. The van der Waals surface area contributed by atoms with Crippen LogP contribution in [0, 0.1) is 17.8 Å². The average Bonchev–Trinajstić information content (AvgIpc) is 3.15. The van der Waals surface area contributed by atoms with Crippen molar-refractivity contribution >= 4 is 34.1 Å². The highest BCUT2D eigenvalue weighted by Crippen LogP contribution is 2.49. The van der Waals surface area contributed by atoms with Crippen LogP contribution in [0.4, 0.5) is 5.13 Å². The van der Waals surface area contributed by atoms with E-state index in [-0.39, 0.29) is 17.2 Å². The fourth-order valence-electron chi connectivity index (χ4n) is 3.83. The number of amides is 1. The molecule has 21 heavy (non-hydrogen) atoms. The van der Waals surface area contributed by atoms with E-state index in [4.69, 9.17) is 5.73 Å². The molecule has 0 aromatic carbocycles. The molecule has 2 bridgehead atoms. The Bertz CT molecular complexity index is 521. The Morgan fingerprint density at radius 3 is 2.76 bits per heavy atom. The van der Waals surface area contributed by atoms with Crippen molar-refractivity contribution in [2.24, 2.45) is 17.8 Å². The van der Waals surface area contributed by atoms with Gasteiger partial charge in [0, 0.05) is 6.04 Å². The number of nitrogens with zero attached hydrogens (tertiary/aromatic N) is 2. The lowest BCUT2D eigenvalue weighted by molar-refractivity contribution is -0.121. The van der Waals surface area contributed by atoms with Gasteiger partial charge < -0.3 is 11.1 Å². The van der Waals surface area contributed by atoms with Gasteiger partial charge in [-0.1, -0.05) is 29.5 Å². The van der Waals surface area contributed by atoms with Crippen molar-refractivity contribution in [1.29, 1.82) is 0 Å². The van der Waals surface area contributed by atoms with E-state index in [0.29, 0.717) is 11.0 Å². The molecule has 2 saturated carbocycles. The minimum atomic E-state index is -0.168. The molecular formula is C14H22N4OS2. The van der Waals surface area contributed by atoms with Crippen LogP contribution in [0.2, 0.25) is 0 Å². The standard InChI is InChI=1S/C14H22N4OS2/c1-7(11-6-9-3-4-10(11)5-9)16-12(19)8(2)20-14-18-17-13(15)21-14/h7-11H,3-6H2,1-2H3,(H2,15,17)(H,16,19)/t7-,8-,9-,10-,11+/m0/s1. The van der Waals surface area contributed by atoms with Crippen molar-refractivity contribution in [2.75, 3.05) is 5.73 Å². The summed E-state index contributed by atoms with van der Waals surface area (Å²) in [6.45, 7) is 4.06. The molecule has 7 heteroatoms. The highest BCUT2D eigenvalue weighted by molar-refractivity contribution is 8.02. The molecule has 1 amide bonds. The fraction of sp³-hybridized carbons (Fsp3) is 0.786. The Hall–Kier alpha value is -0.820. The summed E-state index contributed by atoms with van der Waals surface area (Å²) in [5.41, 5.74) is 5.56. The SMILES string of the molecule is C[C@H](Sc1nnc(N)s1)C(=O)N[C@@H](C)[C@H]1C[C@H]2CC[C@H]1C2. The van der Waals surface area contributed by atoms with E-state index in [0.717, 1.165) is 16.2 Å². The average molecular weight is 326 g/mol. The molecule has 1 heterocycles. The third kappa shape index (κ3) is 3.34. The number of nitrogen functional groups attached to an aromatic ring is 1. The normalized spacial score (nSPS) is 30.3. The maximum absolute atomic E-state index is 12.3. The molecule has 116 valence electrons. The topological polar surface area (TPSA) is 80.9 Å². The zero-order valence-corrected chi connectivity index (χ0v) is 14.0. The van der Waals surface area contributed by atoms with Crippen LogP contribution in [0.15, 0.2) is 4.34 Å². The van der Waals surface area contributed by atoms with Gasteiger partial charge in [0.15, 0.2) is 4.34 Å². The second kappa shape index (κ2) is 6.12. The van der Waals surface area contributed by atoms with Gasteiger partial charge in [0.25, 0.3) is 0 Å². The molecule has 3 rings (SSSR count). The van der Waals surface area contributed by atoms with Crippen LogP contribution in [-0.2, 0) is 4.79 Å². The minimum Gasteiger partial charge on any atom is -0.374 e. The van der Waals surface area contributed by atoms with E-state index in [1.54, 1.807) is 0 Å². The molecule has 0 radical (unpaired) electrons. The van der Waals surface area contributed by atoms with Gasteiger partial charge in [-0.25, -0.2) is 0 Å². The molecule has 5 nitrogen and oxygen atoms in total. The first kappa shape index (κ1) is 15.1. The summed E-state index contributed by atoms with van der Waals surface area (Å²) in [6.07, 6.45) is 5.41. The van der Waals surface area contributed by atoms with E-state index in [2.05, 4.69) is 22.4 Å². The Morgan fingerprint density at radius 2 is 2.19 bits per heavy atom. The lowest BCUT2D eigenvalue weighted by Gasteiger charge is -2.29. The molecule has 1 aromatic heterocycles. The number of hydrogen-bond donors (Lipinski definition) is 2. The number of anilines is 1. The summed E-state index contributed by atoms with van der Waals surface area (Å²) >= 11 is 2.75. The highest BCUT2D eigenvalue weighted by atomic mass is 32.2. The summed E-state index contributed by atoms with van der Waals surface area (Å²) in [4.78, 5) is 12.3. The van der Waals surface area contributed by atoms with E-state index in [1.165, 1.54) is 48.8 Å². The smallest absolute Gasteiger partial charge is 0.233 e. The Labute approximate surface area is 133 Å². The third-order valence-electron chi connectivity index (χ3n) is 4.87. The number of rotatable bonds is 5. The number of hydrogen-bond acceptors (Lipinski definition) is 6. The molecule has 5 atom stereocenters. The Morgan fingerprint density at radius 1 is 1.38 bits per heavy atom. The zero-order chi connectivity index (χ0) is 15.0. The van der Waals surface area contributed by atoms with Gasteiger partial charge in [0.1, 0.15) is 0 Å². The quantitative estimate of drug-likeness (QED) is 0.813. The first-order chi connectivity index (χ1) is 10.0. The van der Waals surface area contributed by atoms with Crippen LogP contribution < -0.4 is 11.1 Å². The van der Waals surface area contributed by atoms with E-state index >= 15 is 0 Å². The number of carbonyl (C=O) groups excluding carboxylic acids is 1. The number of carbonyl (C=O) groups is 1. The molecular weight excluding hydrogens is 304 g/mol. The van der Waals surface area contributed by atoms with Crippen LogP contribution >= 0.6 is 23.1 Å². The van der Waals surface area contributed by atoms with Crippen molar-refractivity contribution in [3.63, 3.8) is 0 Å². The van der Waals surface area contributed by atoms with Crippen LogP contribution in [0.25, 0.3) is 0 Å². The van der Waals surface area contributed by atoms with Crippen molar-refractivity contribution in [3.8, 4) is 0 Å². The molecule has 0 spiro atoms. The van der Waals surface area contributed by atoms with Crippen LogP contribution in [0.3, 0.4) is 0 Å². The van der Waals surface area contributed by atoms with E-state index < -0.39 is 0 Å². The fourth-order valence-corrected chi connectivity index (χ4v) is 5.62. The predicted molar refractivity (Wildman–Crippen MR) is 86.2 cm³/mol. The summed E-state index contributed by atoms with van der Waals surface area (Å²) < 4.78 is 0.753. The second-order valence-electron chi connectivity index (χ2n) is 6.30. The Balaban J connectivity index is 1.51. The predicted octanol–water partition coefficient (Wildman–Crippen LogP) is 2.54. The molecule has 1 aromatic rings. The summed E-state index contributed by atoms with van der Waals surface area (Å²) in [7, 11) is 0. The molecule has 0 saturated heterocycles. The van der Waals surface area contributed by atoms with E-state index in [1.807, 2.05) is 6.92 Å². The monoisotopic (exact) mass is 326 g/mol. The molecule has 2 aliphatic carbocycles. The first-order valence-corrected chi connectivity index (χ1v) is 9.28. The minimum absolute atomic E-state index is 0.0871. The molecule has 0 unspecified atom stereocenters. The van der Waals surface area contributed by atoms with Crippen LogP contribution in [0.5, 0.6) is 0 Å². The number of fused-ring (bicyclic) bond motifs is 2. The number of nitrogens with one attached hydrogen (secondary N) is 1. The van der Waals surface area contributed by atoms with Gasteiger partial charge >= 0.3 is 0 Å². The lowest BCUT2D eigenvalue weighted by atomic mass is 9.84. The van der Waals surface area contributed by atoms with Crippen molar-refractivity contribution in [3.05, 3.63) is 0 Å². The number of nitrogens with two attached hydrogens (primary N) is 1. The summed E-state index contributed by atoms with van der Waals surface area (Å²) in [5, 5.41) is 11.2. The molecule has 2 aliphatic rings. The zero-order valence-electron chi connectivity index (χ0n) is 12.4. The maximum Gasteiger partial charge on any atom is 0.233 e. The molecule has 0 aliphatic heterocycles. The van der Waals surface area contributed by atoms with Gasteiger partial charge in [-0.3, -0.25) is 4.79 Å². The van der Waals surface area contributed by atoms with Crippen molar-refractivity contribution < 1.29 is 4.79 Å². The largest absolute Gasteiger partial charge is 0.374 e. The van der Waals surface area contributed by atoms with E-state index in [9.17, 15) is 4.79 Å². The maximum atomic E-state index is 12.3. The van der Waals surface area contributed by atoms with Crippen molar-refractivity contribution in [1.82, 2.24) is 15.5 Å². The number of aromatic nitrogens is 2. The highest BCUT2D eigenvalue weighted by Gasteiger charge is 2.42. The van der Waals surface area contributed by atoms with Crippen LogP contribution in [-0.4, -0.2) is 27.4 Å².